The molecule has 0 radical (unpaired) electrons. The van der Waals surface area contributed by atoms with Crippen LogP contribution in [0.1, 0.15) is 11.3 Å². The molecule has 0 aliphatic carbocycles. The number of carbonyl (C=O) groups is 3. The number of aliphatic carboxylic acids is 1. The van der Waals surface area contributed by atoms with Gasteiger partial charge < -0.3 is 40.2 Å². The van der Waals surface area contributed by atoms with E-state index < -0.39 is 27.9 Å². The zero-order valence-electron chi connectivity index (χ0n) is 27.2. The number of hydrogen-bond donors (Lipinski definition) is 6. The quantitative estimate of drug-likeness (QED) is 0.0509. The second kappa shape index (κ2) is 19.0. The number of ether oxygens (including phenoxy) is 3. The van der Waals surface area contributed by atoms with Gasteiger partial charge in [-0.2, -0.15) is 0 Å². The van der Waals surface area contributed by atoms with Gasteiger partial charge in [-0.3, -0.25) is 14.5 Å². The summed E-state index contributed by atoms with van der Waals surface area (Å²) in [6.45, 7) is 0.120. The highest BCUT2D eigenvalue weighted by Crippen LogP contribution is 2.28. The topological polar surface area (TPSA) is 271 Å². The highest BCUT2D eigenvalue weighted by Gasteiger charge is 2.21. The number of sulfonamides is 1. The second-order valence-electron chi connectivity index (χ2n) is 10.9. The first kappa shape index (κ1) is 39.0. The van der Waals surface area contributed by atoms with Crippen molar-refractivity contribution in [2.75, 3.05) is 52.6 Å². The summed E-state index contributed by atoms with van der Waals surface area (Å²) in [7, 11) is -3.93. The average Bonchev–Trinajstić information content (AvgIpc) is 3.72. The van der Waals surface area contributed by atoms with Crippen molar-refractivity contribution in [3.63, 3.8) is 0 Å². The molecule has 1 unspecified atom stereocenters. The van der Waals surface area contributed by atoms with Crippen LogP contribution in [-0.4, -0.2) is 125 Å². The van der Waals surface area contributed by atoms with Crippen molar-refractivity contribution in [2.24, 2.45) is 5.14 Å². The molecule has 19 nitrogen and oxygen atoms in total. The van der Waals surface area contributed by atoms with Crippen LogP contribution in [0.5, 0.6) is 11.5 Å². The molecule has 2 amide bonds. The number of carboxylic acids is 1. The van der Waals surface area contributed by atoms with Crippen LogP contribution in [0.2, 0.25) is 0 Å². The van der Waals surface area contributed by atoms with Gasteiger partial charge in [-0.05, 0) is 35.9 Å². The Hall–Kier alpha value is -4.77. The number of carboxylic acid groups (broad SMARTS) is 1. The Bertz CT molecular complexity index is 1880. The van der Waals surface area contributed by atoms with Gasteiger partial charge in [0.1, 0.15) is 37.0 Å². The summed E-state index contributed by atoms with van der Waals surface area (Å²) in [6, 6.07) is 10.4. The fourth-order valence-corrected chi connectivity index (χ4v) is 6.17. The van der Waals surface area contributed by atoms with E-state index >= 15 is 0 Å². The molecular formula is C30H38N8O11S2. The van der Waals surface area contributed by atoms with Crippen molar-refractivity contribution < 1.29 is 52.3 Å². The van der Waals surface area contributed by atoms with Crippen molar-refractivity contribution in [1.82, 2.24) is 35.5 Å². The minimum Gasteiger partial charge on any atom is -0.492 e. The number of benzene rings is 2. The van der Waals surface area contributed by atoms with Crippen molar-refractivity contribution in [1.29, 1.82) is 0 Å². The number of aliphatic hydroxyl groups is 2. The van der Waals surface area contributed by atoms with Gasteiger partial charge in [0, 0.05) is 13.1 Å². The highest BCUT2D eigenvalue weighted by molar-refractivity contribution is 7.91. The van der Waals surface area contributed by atoms with E-state index in [1.807, 2.05) is 0 Å². The van der Waals surface area contributed by atoms with E-state index in [2.05, 4.69) is 25.9 Å². The standard InChI is InChI=1S/C30H38N8O11S2/c31-51(45,46)30-34-24-5-4-23(13-26(24)50-30)49-18-21-14-38(36-35-21)16-28(42)33-25(29(43)44)19-47-17-20-2-1-3-22(12-20)48-11-6-32-27(41)15-37(7-9-39)8-10-40/h1-5,12-14,25,39-40H,6-11,15-19H2,(H,32,41)(H,33,42)(H,43,44)(H2,31,45,46). The molecule has 4 rings (SSSR count). The van der Waals surface area contributed by atoms with Gasteiger partial charge in [-0.15, -0.1) is 16.4 Å². The summed E-state index contributed by atoms with van der Waals surface area (Å²) in [4.78, 5) is 42.1. The van der Waals surface area contributed by atoms with Gasteiger partial charge in [0.25, 0.3) is 10.0 Å². The lowest BCUT2D eigenvalue weighted by molar-refractivity contribution is -0.144. The van der Waals surface area contributed by atoms with Crippen LogP contribution in [0, 0.1) is 0 Å². The van der Waals surface area contributed by atoms with Crippen LogP contribution in [0.25, 0.3) is 10.2 Å². The maximum Gasteiger partial charge on any atom is 0.328 e. The third-order valence-electron chi connectivity index (χ3n) is 6.84. The van der Waals surface area contributed by atoms with Crippen molar-refractivity contribution >= 4 is 49.4 Å². The number of aromatic nitrogens is 4. The van der Waals surface area contributed by atoms with Crippen LogP contribution in [0.3, 0.4) is 0 Å². The summed E-state index contributed by atoms with van der Waals surface area (Å²) >= 11 is 0.911. The second-order valence-corrected chi connectivity index (χ2v) is 13.7. The number of nitrogens with zero attached hydrogens (tertiary/aromatic N) is 5. The van der Waals surface area contributed by atoms with Gasteiger partial charge in [-0.25, -0.2) is 28.0 Å². The summed E-state index contributed by atoms with van der Waals surface area (Å²) < 4.78 is 41.6. The van der Waals surface area contributed by atoms with Gasteiger partial charge in [0.15, 0.2) is 6.04 Å². The van der Waals surface area contributed by atoms with Gasteiger partial charge >= 0.3 is 5.97 Å². The van der Waals surface area contributed by atoms with E-state index in [1.54, 1.807) is 47.4 Å². The fourth-order valence-electron chi connectivity index (χ4n) is 4.49. The molecule has 2 aromatic carbocycles. The molecule has 0 aliphatic rings. The fraction of sp³-hybridized carbons (Fsp3) is 0.400. The number of hydrogen-bond acceptors (Lipinski definition) is 15. The van der Waals surface area contributed by atoms with E-state index in [4.69, 9.17) is 29.6 Å². The minimum absolute atomic E-state index is 0.0144. The Balaban J connectivity index is 1.17. The first-order chi connectivity index (χ1) is 24.4. The number of amides is 2. The van der Waals surface area contributed by atoms with E-state index in [1.165, 1.54) is 10.9 Å². The smallest absolute Gasteiger partial charge is 0.328 e. The Morgan fingerprint density at radius 2 is 1.78 bits per heavy atom. The summed E-state index contributed by atoms with van der Waals surface area (Å²) in [6.07, 6.45) is 1.46. The molecule has 51 heavy (non-hydrogen) atoms. The largest absolute Gasteiger partial charge is 0.492 e. The summed E-state index contributed by atoms with van der Waals surface area (Å²) in [5.74, 6) is -1.27. The molecule has 0 saturated heterocycles. The molecule has 7 N–H and O–H groups in total. The Morgan fingerprint density at radius 3 is 2.51 bits per heavy atom. The van der Waals surface area contributed by atoms with E-state index in [0.29, 0.717) is 33.0 Å². The first-order valence-electron chi connectivity index (χ1n) is 15.4. The van der Waals surface area contributed by atoms with Crippen molar-refractivity contribution in [3.05, 3.63) is 59.9 Å². The van der Waals surface area contributed by atoms with E-state index in [9.17, 15) is 27.9 Å². The number of rotatable bonds is 22. The SMILES string of the molecule is NS(=O)(=O)c1nc2ccc(OCc3cn(CC(=O)NC(COCc4cccc(OCCNC(=O)CN(CCO)CCO)c4)C(=O)O)nn3)cc2s1. The number of fused-ring (bicyclic) bond motifs is 1. The summed E-state index contributed by atoms with van der Waals surface area (Å²) in [5, 5.41) is 45.8. The zero-order valence-corrected chi connectivity index (χ0v) is 28.8. The van der Waals surface area contributed by atoms with Crippen LogP contribution >= 0.6 is 11.3 Å². The molecule has 0 spiro atoms. The molecule has 0 saturated carbocycles. The van der Waals surface area contributed by atoms with Gasteiger partial charge in [0.05, 0.1) is 55.9 Å². The van der Waals surface area contributed by atoms with Crippen LogP contribution in [0.4, 0.5) is 0 Å². The zero-order chi connectivity index (χ0) is 36.8. The predicted molar refractivity (Wildman–Crippen MR) is 180 cm³/mol. The van der Waals surface area contributed by atoms with Crippen molar-refractivity contribution in [2.45, 2.75) is 30.1 Å². The number of nitrogens with two attached hydrogens (primary N) is 1. The number of thiazole rings is 1. The van der Waals surface area contributed by atoms with Crippen LogP contribution in [-0.2, 0) is 48.9 Å². The van der Waals surface area contributed by atoms with E-state index in [-0.39, 0.29) is 82.6 Å². The number of primary sulfonamides is 1. The third-order valence-corrected chi connectivity index (χ3v) is 9.18. The average molecular weight is 751 g/mol. The summed E-state index contributed by atoms with van der Waals surface area (Å²) in [5.41, 5.74) is 1.52. The lowest BCUT2D eigenvalue weighted by Gasteiger charge is -2.19. The first-order valence-corrected chi connectivity index (χ1v) is 17.8. The molecule has 276 valence electrons. The van der Waals surface area contributed by atoms with Crippen LogP contribution < -0.4 is 25.2 Å². The molecule has 2 aromatic heterocycles. The van der Waals surface area contributed by atoms with Crippen LogP contribution in [0.15, 0.2) is 53.0 Å². The predicted octanol–water partition coefficient (Wildman–Crippen LogP) is -1.32. The molecule has 1 atom stereocenters. The maximum absolute atomic E-state index is 12.6. The number of aliphatic hydroxyl groups excluding tert-OH is 2. The Labute approximate surface area is 296 Å². The molecule has 4 aromatic rings. The third kappa shape index (κ3) is 12.8. The Morgan fingerprint density at radius 1 is 1.02 bits per heavy atom. The molecule has 0 bridgehead atoms. The highest BCUT2D eigenvalue weighted by atomic mass is 32.2. The van der Waals surface area contributed by atoms with Gasteiger partial charge in [0.2, 0.25) is 16.2 Å². The lowest BCUT2D eigenvalue weighted by Crippen LogP contribution is -2.45. The molecule has 21 heteroatoms. The Kier molecular flexibility index (Phi) is 14.5. The normalized spacial score (nSPS) is 12.2. The van der Waals surface area contributed by atoms with Gasteiger partial charge in [-0.1, -0.05) is 17.3 Å². The van der Waals surface area contributed by atoms with E-state index in [0.717, 1.165) is 11.3 Å². The maximum atomic E-state index is 12.6. The van der Waals surface area contributed by atoms with Crippen molar-refractivity contribution in [3.8, 4) is 11.5 Å². The monoisotopic (exact) mass is 750 g/mol. The molecule has 2 heterocycles. The molecule has 0 fully saturated rings. The molecule has 0 aliphatic heterocycles. The molecular weight excluding hydrogens is 713 g/mol. The lowest BCUT2D eigenvalue weighted by atomic mass is 10.2. The minimum atomic E-state index is -3.93. The number of carbonyl (C=O) groups excluding carboxylic acids is 2. The number of nitrogens with one attached hydrogen (secondary N) is 2.